The first kappa shape index (κ1) is 16.2. The maximum absolute atomic E-state index is 14.0. The topological polar surface area (TPSA) is 24.5 Å². The summed E-state index contributed by atoms with van der Waals surface area (Å²) in [6.07, 6.45) is 0. The maximum Gasteiger partial charge on any atom is 0.126 e. The molecule has 1 heterocycles. The molecule has 1 fully saturated rings. The van der Waals surface area contributed by atoms with Crippen LogP contribution >= 0.6 is 0 Å². The van der Waals surface area contributed by atoms with Gasteiger partial charge in [-0.2, -0.15) is 0 Å². The first-order valence-electron chi connectivity index (χ1n) is 7.76. The van der Waals surface area contributed by atoms with Crippen LogP contribution in [0.1, 0.15) is 44.9 Å². The lowest BCUT2D eigenvalue weighted by molar-refractivity contribution is -0.0277. The van der Waals surface area contributed by atoms with E-state index in [1.807, 2.05) is 13.0 Å². The number of hydrogen-bond donors (Lipinski definition) is 1. The Kier molecular flexibility index (Phi) is 4.89. The third-order valence-corrected chi connectivity index (χ3v) is 4.05. The van der Waals surface area contributed by atoms with Gasteiger partial charge in [-0.15, -0.1) is 0 Å². The van der Waals surface area contributed by atoms with E-state index < -0.39 is 0 Å². The summed E-state index contributed by atoms with van der Waals surface area (Å²) in [5.74, 6) is -0.133. The number of morpholine rings is 1. The fourth-order valence-electron chi connectivity index (χ4n) is 2.94. The van der Waals surface area contributed by atoms with Crippen LogP contribution in [-0.4, -0.2) is 31.8 Å². The molecule has 118 valence electrons. The van der Waals surface area contributed by atoms with Gasteiger partial charge in [0.05, 0.1) is 12.2 Å². The molecule has 0 amide bonds. The molecule has 0 spiro atoms. The highest BCUT2D eigenvalue weighted by molar-refractivity contribution is 5.57. The number of ether oxygens (including phenoxy) is 1. The molecular weight excluding hydrogens is 267 g/mol. The Morgan fingerprint density at radius 3 is 2.76 bits per heavy atom. The van der Waals surface area contributed by atoms with Crippen LogP contribution in [0.4, 0.5) is 10.1 Å². The van der Waals surface area contributed by atoms with E-state index in [0.717, 1.165) is 30.9 Å². The van der Waals surface area contributed by atoms with Gasteiger partial charge in [-0.25, -0.2) is 4.39 Å². The van der Waals surface area contributed by atoms with Crippen LogP contribution in [0.15, 0.2) is 12.1 Å². The molecule has 1 aromatic carbocycles. The highest BCUT2D eigenvalue weighted by atomic mass is 19.1. The molecule has 0 aromatic heterocycles. The zero-order chi connectivity index (χ0) is 15.6. The molecule has 1 atom stereocenters. The van der Waals surface area contributed by atoms with Crippen molar-refractivity contribution in [1.29, 1.82) is 0 Å². The van der Waals surface area contributed by atoms with Gasteiger partial charge in [-0.3, -0.25) is 0 Å². The van der Waals surface area contributed by atoms with Crippen LogP contribution in [0.5, 0.6) is 0 Å². The third kappa shape index (κ3) is 3.74. The fourth-order valence-corrected chi connectivity index (χ4v) is 2.94. The van der Waals surface area contributed by atoms with Crippen molar-refractivity contribution < 1.29 is 9.13 Å². The van der Waals surface area contributed by atoms with E-state index >= 15 is 0 Å². The summed E-state index contributed by atoms with van der Waals surface area (Å²) in [4.78, 5) is 2.32. The molecule has 1 aliphatic heterocycles. The monoisotopic (exact) mass is 294 g/mol. The van der Waals surface area contributed by atoms with Crippen molar-refractivity contribution in [2.45, 2.75) is 46.3 Å². The summed E-state index contributed by atoms with van der Waals surface area (Å²) in [6.45, 7) is 13.4. The quantitative estimate of drug-likeness (QED) is 0.921. The summed E-state index contributed by atoms with van der Waals surface area (Å²) in [5.41, 5.74) is 2.68. The van der Waals surface area contributed by atoms with Crippen molar-refractivity contribution in [2.24, 2.45) is 0 Å². The summed E-state index contributed by atoms with van der Waals surface area (Å²) >= 11 is 0. The van der Waals surface area contributed by atoms with Gasteiger partial charge in [0.2, 0.25) is 0 Å². The van der Waals surface area contributed by atoms with Crippen molar-refractivity contribution >= 4 is 5.69 Å². The van der Waals surface area contributed by atoms with Crippen LogP contribution in [0, 0.1) is 12.7 Å². The lowest BCUT2D eigenvalue weighted by Gasteiger charge is -2.41. The Morgan fingerprint density at radius 2 is 2.14 bits per heavy atom. The van der Waals surface area contributed by atoms with Gasteiger partial charge >= 0.3 is 0 Å². The Morgan fingerprint density at radius 1 is 1.43 bits per heavy atom. The second-order valence-corrected chi connectivity index (χ2v) is 6.47. The molecule has 21 heavy (non-hydrogen) atoms. The number of benzene rings is 1. The van der Waals surface area contributed by atoms with Crippen molar-refractivity contribution in [1.82, 2.24) is 5.32 Å². The van der Waals surface area contributed by atoms with Crippen molar-refractivity contribution in [3.8, 4) is 0 Å². The van der Waals surface area contributed by atoms with E-state index in [2.05, 4.69) is 37.9 Å². The normalized spacial score (nSPS) is 19.6. The van der Waals surface area contributed by atoms with E-state index in [4.69, 9.17) is 4.74 Å². The zero-order valence-corrected chi connectivity index (χ0v) is 13.8. The Hall–Kier alpha value is -1.13. The Balaban J connectivity index is 2.38. The predicted molar refractivity (Wildman–Crippen MR) is 85.5 cm³/mol. The van der Waals surface area contributed by atoms with Crippen LogP contribution in [-0.2, 0) is 4.74 Å². The number of rotatable bonds is 4. The lowest BCUT2D eigenvalue weighted by atomic mass is 9.99. The van der Waals surface area contributed by atoms with Gasteiger partial charge in [0.1, 0.15) is 5.82 Å². The molecule has 1 saturated heterocycles. The molecule has 2 rings (SSSR count). The van der Waals surface area contributed by atoms with E-state index in [9.17, 15) is 4.39 Å². The van der Waals surface area contributed by atoms with Crippen LogP contribution < -0.4 is 10.2 Å². The molecular formula is C17H27FN2O. The third-order valence-electron chi connectivity index (χ3n) is 4.05. The summed E-state index contributed by atoms with van der Waals surface area (Å²) in [7, 11) is 0. The minimum atomic E-state index is -0.167. The van der Waals surface area contributed by atoms with Crippen molar-refractivity contribution in [3.05, 3.63) is 29.1 Å². The van der Waals surface area contributed by atoms with Gasteiger partial charge in [-0.1, -0.05) is 6.92 Å². The highest BCUT2D eigenvalue weighted by Gasteiger charge is 2.29. The Bertz CT molecular complexity index is 502. The molecule has 1 aromatic rings. The van der Waals surface area contributed by atoms with E-state index in [-0.39, 0.29) is 17.5 Å². The van der Waals surface area contributed by atoms with Gasteiger partial charge in [0.15, 0.2) is 0 Å². The molecule has 4 heteroatoms. The summed E-state index contributed by atoms with van der Waals surface area (Å²) in [5, 5.41) is 3.38. The number of hydrogen-bond acceptors (Lipinski definition) is 3. The number of nitrogens with zero attached hydrogens (tertiary/aromatic N) is 1. The maximum atomic E-state index is 14.0. The van der Waals surface area contributed by atoms with Crippen LogP contribution in [0.25, 0.3) is 0 Å². The van der Waals surface area contributed by atoms with E-state index in [1.165, 1.54) is 0 Å². The first-order chi connectivity index (χ1) is 9.84. The molecule has 0 radical (unpaired) electrons. The number of halogens is 1. The standard InChI is InChI=1S/C17H27FN2O/c1-6-19-13(3)14-10-15(18)12(2)9-16(14)20-7-8-21-17(4,5)11-20/h9-10,13,19H,6-8,11H2,1-5H3. The molecule has 3 nitrogen and oxygen atoms in total. The van der Waals surface area contributed by atoms with Crippen molar-refractivity contribution in [2.75, 3.05) is 31.1 Å². The first-order valence-corrected chi connectivity index (χ1v) is 7.76. The zero-order valence-electron chi connectivity index (χ0n) is 13.8. The summed E-state index contributed by atoms with van der Waals surface area (Å²) < 4.78 is 19.8. The van der Waals surface area contributed by atoms with Gasteiger partial charge in [0.25, 0.3) is 0 Å². The minimum Gasteiger partial charge on any atom is -0.372 e. The average molecular weight is 294 g/mol. The highest BCUT2D eigenvalue weighted by Crippen LogP contribution is 2.32. The fraction of sp³-hybridized carbons (Fsp3) is 0.647. The number of aryl methyl sites for hydroxylation is 1. The van der Waals surface area contributed by atoms with Gasteiger partial charge in [0, 0.05) is 24.8 Å². The lowest BCUT2D eigenvalue weighted by Crippen LogP contribution is -2.48. The Labute approximate surface area is 127 Å². The molecule has 1 aliphatic rings. The number of anilines is 1. The predicted octanol–water partition coefficient (Wildman–Crippen LogP) is 3.42. The molecule has 0 bridgehead atoms. The summed E-state index contributed by atoms with van der Waals surface area (Å²) in [6, 6.07) is 3.78. The smallest absolute Gasteiger partial charge is 0.126 e. The van der Waals surface area contributed by atoms with Crippen LogP contribution in [0.3, 0.4) is 0 Å². The number of nitrogens with one attached hydrogen (secondary N) is 1. The van der Waals surface area contributed by atoms with Gasteiger partial charge < -0.3 is 15.0 Å². The average Bonchev–Trinajstić information content (AvgIpc) is 2.40. The second-order valence-electron chi connectivity index (χ2n) is 6.47. The molecule has 0 aliphatic carbocycles. The SMILES string of the molecule is CCNC(C)c1cc(F)c(C)cc1N1CCOC(C)(C)C1. The second kappa shape index (κ2) is 6.32. The minimum absolute atomic E-state index is 0.131. The van der Waals surface area contributed by atoms with E-state index in [1.54, 1.807) is 6.07 Å². The largest absolute Gasteiger partial charge is 0.372 e. The van der Waals surface area contributed by atoms with Gasteiger partial charge in [-0.05, 0) is 57.5 Å². The molecule has 0 saturated carbocycles. The van der Waals surface area contributed by atoms with E-state index in [0.29, 0.717) is 12.2 Å². The molecule has 1 unspecified atom stereocenters. The van der Waals surface area contributed by atoms with Crippen molar-refractivity contribution in [3.63, 3.8) is 0 Å². The molecule has 1 N–H and O–H groups in total. The van der Waals surface area contributed by atoms with Crippen LogP contribution in [0.2, 0.25) is 0 Å².